The largest absolute Gasteiger partial charge is 0.370 e. The molecule has 1 fully saturated rings. The molecule has 1 aromatic carbocycles. The van der Waals surface area contributed by atoms with Gasteiger partial charge in [0, 0.05) is 13.1 Å². The highest BCUT2D eigenvalue weighted by Crippen LogP contribution is 2.13. The zero-order chi connectivity index (χ0) is 16.3. The first-order valence-electron chi connectivity index (χ1n) is 9.12. The number of benzene rings is 1. The van der Waals surface area contributed by atoms with Gasteiger partial charge in [-0.1, -0.05) is 50.5 Å². The summed E-state index contributed by atoms with van der Waals surface area (Å²) in [6.07, 6.45) is 7.67. The molecular formula is C19H33IN4. The number of nitrogens with zero attached hydrogens (tertiary/aromatic N) is 2. The van der Waals surface area contributed by atoms with Crippen LogP contribution in [0.2, 0.25) is 0 Å². The highest BCUT2D eigenvalue weighted by atomic mass is 127. The van der Waals surface area contributed by atoms with Crippen LogP contribution in [0.1, 0.15) is 56.6 Å². The minimum atomic E-state index is 0. The molecule has 0 atom stereocenters. The van der Waals surface area contributed by atoms with E-state index in [0.29, 0.717) is 12.5 Å². The van der Waals surface area contributed by atoms with Crippen molar-refractivity contribution < 1.29 is 0 Å². The van der Waals surface area contributed by atoms with Crippen LogP contribution in [0.25, 0.3) is 0 Å². The van der Waals surface area contributed by atoms with Crippen LogP contribution in [-0.2, 0) is 13.1 Å². The lowest BCUT2D eigenvalue weighted by molar-refractivity contribution is 0.331. The van der Waals surface area contributed by atoms with Gasteiger partial charge < -0.3 is 11.1 Å². The molecule has 1 saturated heterocycles. The molecule has 2 rings (SSSR count). The Morgan fingerprint density at radius 2 is 1.75 bits per heavy atom. The molecule has 1 aliphatic rings. The second-order valence-corrected chi connectivity index (χ2v) is 6.49. The predicted molar refractivity (Wildman–Crippen MR) is 114 cm³/mol. The second-order valence-electron chi connectivity index (χ2n) is 6.49. The maximum Gasteiger partial charge on any atom is 0.188 e. The van der Waals surface area contributed by atoms with Gasteiger partial charge in [0.2, 0.25) is 0 Å². The van der Waals surface area contributed by atoms with E-state index in [1.54, 1.807) is 0 Å². The number of halogens is 1. The molecule has 0 aliphatic carbocycles. The summed E-state index contributed by atoms with van der Waals surface area (Å²) >= 11 is 0. The highest BCUT2D eigenvalue weighted by molar-refractivity contribution is 14.0. The van der Waals surface area contributed by atoms with E-state index in [1.807, 2.05) is 0 Å². The maximum absolute atomic E-state index is 5.91. The van der Waals surface area contributed by atoms with E-state index in [9.17, 15) is 0 Å². The second kappa shape index (κ2) is 12.5. The third kappa shape index (κ3) is 8.33. The number of hydrogen-bond donors (Lipinski definition) is 2. The van der Waals surface area contributed by atoms with E-state index in [0.717, 1.165) is 19.5 Å². The van der Waals surface area contributed by atoms with Crippen molar-refractivity contribution in [3.8, 4) is 0 Å². The lowest BCUT2D eigenvalue weighted by atomic mass is 10.1. The first-order chi connectivity index (χ1) is 11.3. The number of rotatable bonds is 9. The number of aliphatic imine (C=N–C) groups is 1. The normalized spacial score (nSPS) is 15.3. The first kappa shape index (κ1) is 21.2. The van der Waals surface area contributed by atoms with Crippen LogP contribution in [-0.4, -0.2) is 30.5 Å². The summed E-state index contributed by atoms with van der Waals surface area (Å²) in [5.74, 6) is 0.558. The number of likely N-dealkylation sites (tertiary alicyclic amines) is 1. The fourth-order valence-corrected chi connectivity index (χ4v) is 2.95. The van der Waals surface area contributed by atoms with Crippen molar-refractivity contribution in [3.63, 3.8) is 0 Å². The molecule has 1 aromatic rings. The van der Waals surface area contributed by atoms with E-state index < -0.39 is 0 Å². The number of unbranched alkanes of at least 4 members (excludes halogenated alkanes) is 3. The third-order valence-electron chi connectivity index (χ3n) is 4.40. The van der Waals surface area contributed by atoms with E-state index in [1.165, 1.54) is 56.3 Å². The average molecular weight is 444 g/mol. The van der Waals surface area contributed by atoms with Crippen molar-refractivity contribution in [2.45, 2.75) is 58.5 Å². The molecule has 0 unspecified atom stereocenters. The molecule has 1 aliphatic heterocycles. The Morgan fingerprint density at radius 1 is 1.08 bits per heavy atom. The summed E-state index contributed by atoms with van der Waals surface area (Å²) in [6, 6.07) is 8.78. The molecule has 5 heteroatoms. The van der Waals surface area contributed by atoms with Crippen molar-refractivity contribution in [1.29, 1.82) is 0 Å². The molecule has 0 radical (unpaired) electrons. The predicted octanol–water partition coefficient (Wildman–Crippen LogP) is 3.89. The highest BCUT2D eigenvalue weighted by Gasteiger charge is 2.11. The summed E-state index contributed by atoms with van der Waals surface area (Å²) in [5, 5.41) is 3.19. The Bertz CT molecular complexity index is 467. The summed E-state index contributed by atoms with van der Waals surface area (Å²) < 4.78 is 0. The van der Waals surface area contributed by atoms with Crippen molar-refractivity contribution in [3.05, 3.63) is 35.4 Å². The Balaban J connectivity index is 0.00000288. The molecule has 136 valence electrons. The molecular weight excluding hydrogens is 411 g/mol. The molecule has 3 N–H and O–H groups in total. The fourth-order valence-electron chi connectivity index (χ4n) is 2.95. The summed E-state index contributed by atoms with van der Waals surface area (Å²) in [6.45, 7) is 7.35. The molecule has 1 heterocycles. The van der Waals surface area contributed by atoms with Crippen LogP contribution in [0.5, 0.6) is 0 Å². The topological polar surface area (TPSA) is 53.6 Å². The number of nitrogens with two attached hydrogens (primary N) is 1. The van der Waals surface area contributed by atoms with Crippen LogP contribution in [0.15, 0.2) is 29.3 Å². The van der Waals surface area contributed by atoms with Gasteiger partial charge in [0.15, 0.2) is 5.96 Å². The lowest BCUT2D eigenvalue weighted by Crippen LogP contribution is -2.32. The van der Waals surface area contributed by atoms with Crippen molar-refractivity contribution >= 4 is 29.9 Å². The van der Waals surface area contributed by atoms with Crippen LogP contribution in [0.4, 0.5) is 0 Å². The van der Waals surface area contributed by atoms with Gasteiger partial charge in [-0.2, -0.15) is 0 Å². The van der Waals surface area contributed by atoms with Crippen LogP contribution in [0, 0.1) is 0 Å². The summed E-state index contributed by atoms with van der Waals surface area (Å²) in [7, 11) is 0. The molecule has 4 nitrogen and oxygen atoms in total. The van der Waals surface area contributed by atoms with E-state index in [4.69, 9.17) is 5.73 Å². The van der Waals surface area contributed by atoms with Gasteiger partial charge in [0.05, 0.1) is 6.54 Å². The van der Waals surface area contributed by atoms with Gasteiger partial charge >= 0.3 is 0 Å². The summed E-state index contributed by atoms with van der Waals surface area (Å²) in [4.78, 5) is 6.94. The number of nitrogens with one attached hydrogen (secondary N) is 1. The average Bonchev–Trinajstić information content (AvgIpc) is 3.07. The van der Waals surface area contributed by atoms with Gasteiger partial charge in [-0.25, -0.2) is 4.99 Å². The molecule has 0 saturated carbocycles. The minimum Gasteiger partial charge on any atom is -0.370 e. The molecule has 0 aromatic heterocycles. The van der Waals surface area contributed by atoms with Gasteiger partial charge in [0.25, 0.3) is 0 Å². The Kier molecular flexibility index (Phi) is 11.1. The summed E-state index contributed by atoms with van der Waals surface area (Å²) in [5.41, 5.74) is 8.51. The van der Waals surface area contributed by atoms with Crippen molar-refractivity contribution in [2.24, 2.45) is 10.7 Å². The maximum atomic E-state index is 5.91. The van der Waals surface area contributed by atoms with Crippen LogP contribution < -0.4 is 11.1 Å². The van der Waals surface area contributed by atoms with E-state index >= 15 is 0 Å². The Hall–Kier alpha value is -0.820. The molecule has 0 amide bonds. The van der Waals surface area contributed by atoms with Gasteiger partial charge in [-0.05, 0) is 43.5 Å². The molecule has 0 bridgehead atoms. The lowest BCUT2D eigenvalue weighted by Gasteiger charge is -2.14. The smallest absolute Gasteiger partial charge is 0.188 e. The third-order valence-corrected chi connectivity index (χ3v) is 4.40. The number of guanidine groups is 1. The van der Waals surface area contributed by atoms with Crippen LogP contribution >= 0.6 is 24.0 Å². The van der Waals surface area contributed by atoms with Gasteiger partial charge in [0.1, 0.15) is 0 Å². The van der Waals surface area contributed by atoms with Crippen molar-refractivity contribution in [1.82, 2.24) is 10.2 Å². The monoisotopic (exact) mass is 444 g/mol. The van der Waals surface area contributed by atoms with Gasteiger partial charge in [-0.15, -0.1) is 24.0 Å². The number of hydrogen-bond acceptors (Lipinski definition) is 2. The SMILES string of the molecule is CCCCCCNC(N)=NCc1ccc(CN2CCCC2)cc1.I. The molecule has 0 spiro atoms. The zero-order valence-corrected chi connectivity index (χ0v) is 17.3. The Labute approximate surface area is 164 Å². The Morgan fingerprint density at radius 3 is 2.42 bits per heavy atom. The standard InChI is InChI=1S/C19H32N4.HI/c1-2-3-4-5-12-21-19(20)22-15-17-8-10-18(11-9-17)16-23-13-6-7-14-23;/h8-11H,2-7,12-16H2,1H3,(H3,20,21,22);1H. The fraction of sp³-hybridized carbons (Fsp3) is 0.632. The van der Waals surface area contributed by atoms with E-state index in [2.05, 4.69) is 46.4 Å². The van der Waals surface area contributed by atoms with Crippen molar-refractivity contribution in [2.75, 3.05) is 19.6 Å². The zero-order valence-electron chi connectivity index (χ0n) is 15.0. The van der Waals surface area contributed by atoms with Gasteiger partial charge in [-0.3, -0.25) is 4.90 Å². The quantitative estimate of drug-likeness (QED) is 0.263. The molecule has 24 heavy (non-hydrogen) atoms. The minimum absolute atomic E-state index is 0. The van der Waals surface area contributed by atoms with E-state index in [-0.39, 0.29) is 24.0 Å². The first-order valence-corrected chi connectivity index (χ1v) is 9.12. The van der Waals surface area contributed by atoms with Crippen LogP contribution in [0.3, 0.4) is 0 Å².